The molecule has 0 aliphatic carbocycles. The molecule has 0 atom stereocenters. The molecule has 0 spiro atoms. The van der Waals surface area contributed by atoms with E-state index in [2.05, 4.69) is 10.6 Å². The van der Waals surface area contributed by atoms with Crippen LogP contribution in [0.3, 0.4) is 0 Å². The number of piperazine rings is 1. The third-order valence-corrected chi connectivity index (χ3v) is 2.24. The summed E-state index contributed by atoms with van der Waals surface area (Å²) in [5.74, 6) is -0.242. The van der Waals surface area contributed by atoms with E-state index in [1.165, 1.54) is 6.92 Å². The summed E-state index contributed by atoms with van der Waals surface area (Å²) in [5.41, 5.74) is 1.02. The van der Waals surface area contributed by atoms with E-state index in [9.17, 15) is 4.79 Å². The Bertz CT molecular complexity index is 299. The van der Waals surface area contributed by atoms with Crippen molar-refractivity contribution >= 4 is 5.97 Å². The van der Waals surface area contributed by atoms with Crippen molar-refractivity contribution in [3.05, 3.63) is 35.9 Å². The molecule has 2 rings (SSSR count). The standard InChI is InChI=1S/C9H10O2.C4H10N2/c1-8(10)11-7-9-5-3-2-4-6-9;1-2-6-4-3-5-1/h2-6H,7H2,1H3;5-6H,1-4H2. The maximum Gasteiger partial charge on any atom is 0.302 e. The van der Waals surface area contributed by atoms with Crippen LogP contribution in [0.1, 0.15) is 12.5 Å². The summed E-state index contributed by atoms with van der Waals surface area (Å²) in [6.07, 6.45) is 0. The number of carbonyl (C=O) groups is 1. The monoisotopic (exact) mass is 236 g/mol. The van der Waals surface area contributed by atoms with Crippen molar-refractivity contribution < 1.29 is 9.53 Å². The number of carbonyl (C=O) groups excluding carboxylic acids is 1. The lowest BCUT2D eigenvalue weighted by molar-refractivity contribution is -0.142. The molecule has 1 aliphatic rings. The first-order valence-corrected chi connectivity index (χ1v) is 5.88. The van der Waals surface area contributed by atoms with Gasteiger partial charge >= 0.3 is 5.97 Å². The van der Waals surface area contributed by atoms with Gasteiger partial charge in [-0.25, -0.2) is 0 Å². The van der Waals surface area contributed by atoms with E-state index in [4.69, 9.17) is 4.74 Å². The molecule has 0 aromatic heterocycles. The van der Waals surface area contributed by atoms with Crippen molar-refractivity contribution in [1.29, 1.82) is 0 Å². The Kier molecular flexibility index (Phi) is 7.02. The van der Waals surface area contributed by atoms with Crippen LogP contribution < -0.4 is 10.6 Å². The Morgan fingerprint density at radius 2 is 1.65 bits per heavy atom. The van der Waals surface area contributed by atoms with Gasteiger partial charge in [0.25, 0.3) is 0 Å². The minimum absolute atomic E-state index is 0.242. The maximum absolute atomic E-state index is 10.4. The Labute approximate surface area is 102 Å². The molecular formula is C13H20N2O2. The molecule has 0 bridgehead atoms. The number of hydrogen-bond acceptors (Lipinski definition) is 4. The molecule has 1 aliphatic heterocycles. The number of hydrogen-bond donors (Lipinski definition) is 2. The highest BCUT2D eigenvalue weighted by Gasteiger charge is 1.93. The van der Waals surface area contributed by atoms with Gasteiger partial charge in [0, 0.05) is 33.1 Å². The zero-order valence-corrected chi connectivity index (χ0v) is 10.2. The molecule has 0 radical (unpaired) electrons. The van der Waals surface area contributed by atoms with Crippen LogP contribution in [0.25, 0.3) is 0 Å². The van der Waals surface area contributed by atoms with Crippen LogP contribution in [0, 0.1) is 0 Å². The first kappa shape index (κ1) is 13.7. The number of rotatable bonds is 2. The van der Waals surface area contributed by atoms with E-state index in [1.54, 1.807) is 0 Å². The Hall–Kier alpha value is -1.39. The molecule has 94 valence electrons. The fourth-order valence-electron chi connectivity index (χ4n) is 1.36. The lowest BCUT2D eigenvalue weighted by Gasteiger charge is -2.11. The van der Waals surface area contributed by atoms with Crippen LogP contribution >= 0.6 is 0 Å². The lowest BCUT2D eigenvalue weighted by atomic mass is 10.2. The van der Waals surface area contributed by atoms with E-state index in [0.29, 0.717) is 6.61 Å². The van der Waals surface area contributed by atoms with Gasteiger partial charge in [0.05, 0.1) is 0 Å². The summed E-state index contributed by atoms with van der Waals surface area (Å²) in [6, 6.07) is 9.60. The van der Waals surface area contributed by atoms with Gasteiger partial charge < -0.3 is 15.4 Å². The van der Waals surface area contributed by atoms with Gasteiger partial charge in [-0.2, -0.15) is 0 Å². The van der Waals surface area contributed by atoms with Crippen molar-refractivity contribution in [2.45, 2.75) is 13.5 Å². The Morgan fingerprint density at radius 1 is 1.12 bits per heavy atom. The number of esters is 1. The van der Waals surface area contributed by atoms with Crippen molar-refractivity contribution in [3.63, 3.8) is 0 Å². The number of nitrogens with one attached hydrogen (secondary N) is 2. The predicted molar refractivity (Wildman–Crippen MR) is 67.7 cm³/mol. The van der Waals surface area contributed by atoms with Crippen LogP contribution in [0.2, 0.25) is 0 Å². The molecular weight excluding hydrogens is 216 g/mol. The zero-order valence-electron chi connectivity index (χ0n) is 10.2. The Morgan fingerprint density at radius 3 is 2.06 bits per heavy atom. The highest BCUT2D eigenvalue weighted by Crippen LogP contribution is 1.99. The molecule has 1 fully saturated rings. The van der Waals surface area contributed by atoms with Crippen LogP contribution in [0.4, 0.5) is 0 Å². The fraction of sp³-hybridized carbons (Fsp3) is 0.462. The molecule has 17 heavy (non-hydrogen) atoms. The molecule has 4 nitrogen and oxygen atoms in total. The summed E-state index contributed by atoms with van der Waals surface area (Å²) in [5, 5.41) is 6.44. The van der Waals surface area contributed by atoms with Gasteiger partial charge in [0.2, 0.25) is 0 Å². The minimum Gasteiger partial charge on any atom is -0.461 e. The lowest BCUT2D eigenvalue weighted by Crippen LogP contribution is -2.39. The van der Waals surface area contributed by atoms with E-state index in [0.717, 1.165) is 31.7 Å². The third kappa shape index (κ3) is 7.49. The number of ether oxygens (including phenoxy) is 1. The Balaban J connectivity index is 0.000000202. The average Bonchev–Trinajstić information content (AvgIpc) is 2.40. The van der Waals surface area contributed by atoms with Gasteiger partial charge in [-0.3, -0.25) is 4.79 Å². The van der Waals surface area contributed by atoms with Gasteiger partial charge in [-0.1, -0.05) is 30.3 Å². The molecule has 0 amide bonds. The highest BCUT2D eigenvalue weighted by atomic mass is 16.5. The topological polar surface area (TPSA) is 50.4 Å². The normalized spacial score (nSPS) is 14.4. The van der Waals surface area contributed by atoms with Gasteiger partial charge in [0.15, 0.2) is 0 Å². The first-order valence-electron chi connectivity index (χ1n) is 5.88. The van der Waals surface area contributed by atoms with Gasteiger partial charge in [0.1, 0.15) is 6.61 Å². The van der Waals surface area contributed by atoms with Crippen molar-refractivity contribution in [1.82, 2.24) is 10.6 Å². The molecule has 0 unspecified atom stereocenters. The highest BCUT2D eigenvalue weighted by molar-refractivity contribution is 5.65. The first-order chi connectivity index (χ1) is 8.29. The largest absolute Gasteiger partial charge is 0.461 e. The summed E-state index contributed by atoms with van der Waals surface area (Å²) in [6.45, 7) is 6.33. The van der Waals surface area contributed by atoms with E-state index < -0.39 is 0 Å². The second-order valence-electron chi connectivity index (χ2n) is 3.77. The fourth-order valence-corrected chi connectivity index (χ4v) is 1.36. The molecule has 4 heteroatoms. The van der Waals surface area contributed by atoms with Crippen molar-refractivity contribution in [3.8, 4) is 0 Å². The SMILES string of the molecule is C1CNCCN1.CC(=O)OCc1ccccc1. The third-order valence-electron chi connectivity index (χ3n) is 2.24. The molecule has 1 aromatic rings. The molecule has 0 saturated carbocycles. The van der Waals surface area contributed by atoms with Crippen LogP contribution in [-0.2, 0) is 16.1 Å². The van der Waals surface area contributed by atoms with Gasteiger partial charge in [-0.15, -0.1) is 0 Å². The van der Waals surface area contributed by atoms with Gasteiger partial charge in [-0.05, 0) is 5.56 Å². The van der Waals surface area contributed by atoms with Crippen molar-refractivity contribution in [2.75, 3.05) is 26.2 Å². The summed E-state index contributed by atoms with van der Waals surface area (Å²) >= 11 is 0. The molecule has 1 heterocycles. The maximum atomic E-state index is 10.4. The predicted octanol–water partition coefficient (Wildman–Crippen LogP) is 0.929. The average molecular weight is 236 g/mol. The van der Waals surface area contributed by atoms with Crippen LogP contribution in [0.5, 0.6) is 0 Å². The number of benzene rings is 1. The van der Waals surface area contributed by atoms with Crippen molar-refractivity contribution in [2.24, 2.45) is 0 Å². The van der Waals surface area contributed by atoms with E-state index in [-0.39, 0.29) is 5.97 Å². The minimum atomic E-state index is -0.242. The molecule has 1 aromatic carbocycles. The van der Waals surface area contributed by atoms with E-state index >= 15 is 0 Å². The smallest absolute Gasteiger partial charge is 0.302 e. The van der Waals surface area contributed by atoms with Crippen LogP contribution in [-0.4, -0.2) is 32.1 Å². The molecule has 2 N–H and O–H groups in total. The summed E-state index contributed by atoms with van der Waals surface area (Å²) in [7, 11) is 0. The quantitative estimate of drug-likeness (QED) is 0.750. The zero-order chi connectivity index (χ0) is 12.3. The molecule has 1 saturated heterocycles. The second-order valence-corrected chi connectivity index (χ2v) is 3.77. The van der Waals surface area contributed by atoms with E-state index in [1.807, 2.05) is 30.3 Å². The summed E-state index contributed by atoms with van der Waals surface area (Å²) in [4.78, 5) is 10.4. The summed E-state index contributed by atoms with van der Waals surface area (Å²) < 4.78 is 4.79. The second kappa shape index (κ2) is 8.73. The van der Waals surface area contributed by atoms with Crippen LogP contribution in [0.15, 0.2) is 30.3 Å².